The maximum atomic E-state index is 11.5. The van der Waals surface area contributed by atoms with Crippen molar-refractivity contribution >= 4 is 15.7 Å². The highest BCUT2D eigenvalue weighted by Gasteiger charge is 2.20. The van der Waals surface area contributed by atoms with E-state index in [1.54, 1.807) is 0 Å². The van der Waals surface area contributed by atoms with Crippen molar-refractivity contribution in [2.75, 3.05) is 18.6 Å². The zero-order chi connectivity index (χ0) is 12.2. The van der Waals surface area contributed by atoms with E-state index in [2.05, 4.69) is 5.32 Å². The summed E-state index contributed by atoms with van der Waals surface area (Å²) >= 11 is 0. The summed E-state index contributed by atoms with van der Waals surface area (Å²) in [6.07, 6.45) is 4.90. The molecule has 1 aliphatic rings. The lowest BCUT2D eigenvalue weighted by atomic mass is 9.85. The summed E-state index contributed by atoms with van der Waals surface area (Å²) in [7, 11) is -3.04. The number of hydrogen-bond donors (Lipinski definition) is 2. The van der Waals surface area contributed by atoms with E-state index in [9.17, 15) is 13.2 Å². The fourth-order valence-electron chi connectivity index (χ4n) is 1.55. The summed E-state index contributed by atoms with van der Waals surface area (Å²) < 4.78 is 21.8. The molecule has 1 aliphatic carbocycles. The van der Waals surface area contributed by atoms with Crippen LogP contribution in [0.4, 0.5) is 0 Å². The Labute approximate surface area is 96.7 Å². The van der Waals surface area contributed by atoms with Crippen molar-refractivity contribution in [1.29, 1.82) is 0 Å². The molecular weight excluding hydrogens is 228 g/mol. The number of hydrogen-bond acceptors (Lipinski definition) is 4. The van der Waals surface area contributed by atoms with Crippen molar-refractivity contribution in [3.05, 3.63) is 0 Å². The van der Waals surface area contributed by atoms with E-state index < -0.39 is 15.9 Å². The van der Waals surface area contributed by atoms with Gasteiger partial charge in [0.25, 0.3) is 0 Å². The van der Waals surface area contributed by atoms with E-state index in [0.29, 0.717) is 12.5 Å². The highest BCUT2D eigenvalue weighted by Crippen LogP contribution is 2.25. The van der Waals surface area contributed by atoms with Crippen LogP contribution in [0.3, 0.4) is 0 Å². The molecule has 94 valence electrons. The smallest absolute Gasteiger partial charge is 0.236 e. The van der Waals surface area contributed by atoms with Gasteiger partial charge in [0.15, 0.2) is 0 Å². The van der Waals surface area contributed by atoms with Gasteiger partial charge in [0.2, 0.25) is 5.91 Å². The topological polar surface area (TPSA) is 89.3 Å². The van der Waals surface area contributed by atoms with Crippen molar-refractivity contribution < 1.29 is 13.2 Å². The largest absolute Gasteiger partial charge is 0.354 e. The van der Waals surface area contributed by atoms with Gasteiger partial charge in [0.1, 0.15) is 9.84 Å². The molecule has 0 aromatic heterocycles. The van der Waals surface area contributed by atoms with Crippen molar-refractivity contribution in [2.45, 2.75) is 31.7 Å². The average molecular weight is 248 g/mol. The minimum Gasteiger partial charge on any atom is -0.354 e. The van der Waals surface area contributed by atoms with Gasteiger partial charge in [-0.25, -0.2) is 8.42 Å². The summed E-state index contributed by atoms with van der Waals surface area (Å²) in [5.41, 5.74) is 5.59. The summed E-state index contributed by atoms with van der Waals surface area (Å²) in [5, 5.41) is 2.76. The van der Waals surface area contributed by atoms with E-state index in [0.717, 1.165) is 6.26 Å². The molecule has 0 radical (unpaired) electrons. The summed E-state index contributed by atoms with van der Waals surface area (Å²) in [6, 6.07) is -0.713. The number of nitrogens with two attached hydrogens (primary N) is 1. The van der Waals surface area contributed by atoms with Crippen LogP contribution in [-0.2, 0) is 14.6 Å². The number of carbonyl (C=O) groups is 1. The minimum atomic E-state index is -3.04. The molecule has 0 saturated heterocycles. The van der Waals surface area contributed by atoms with Gasteiger partial charge in [0, 0.05) is 12.8 Å². The van der Waals surface area contributed by atoms with Crippen molar-refractivity contribution in [2.24, 2.45) is 11.7 Å². The second-order valence-corrected chi connectivity index (χ2v) is 6.83. The van der Waals surface area contributed by atoms with Crippen LogP contribution in [0.15, 0.2) is 0 Å². The molecule has 0 aromatic rings. The summed E-state index contributed by atoms with van der Waals surface area (Å²) in [5.74, 6) is 0.312. The number of sulfone groups is 1. The Bertz CT molecular complexity index is 336. The molecule has 1 atom stereocenters. The molecule has 0 bridgehead atoms. The Morgan fingerprint density at radius 1 is 1.50 bits per heavy atom. The first-order valence-corrected chi connectivity index (χ1v) is 7.65. The summed E-state index contributed by atoms with van der Waals surface area (Å²) in [6.45, 7) is 0.672. The third kappa shape index (κ3) is 4.94. The van der Waals surface area contributed by atoms with Gasteiger partial charge in [-0.2, -0.15) is 0 Å². The second-order valence-electron chi connectivity index (χ2n) is 4.57. The normalized spacial score (nSPS) is 18.9. The van der Waals surface area contributed by atoms with Crippen LogP contribution >= 0.6 is 0 Å². The first-order chi connectivity index (χ1) is 7.38. The Morgan fingerprint density at radius 3 is 2.56 bits per heavy atom. The third-order valence-corrected chi connectivity index (χ3v) is 3.90. The lowest BCUT2D eigenvalue weighted by molar-refractivity contribution is -0.122. The van der Waals surface area contributed by atoms with Crippen LogP contribution in [0.1, 0.15) is 25.7 Å². The fourth-order valence-corrected chi connectivity index (χ4v) is 2.23. The average Bonchev–Trinajstić information content (AvgIpc) is 2.10. The molecule has 3 N–H and O–H groups in total. The molecule has 0 heterocycles. The number of nitrogens with one attached hydrogen (secondary N) is 1. The molecule has 1 unspecified atom stereocenters. The monoisotopic (exact) mass is 248 g/mol. The summed E-state index contributed by atoms with van der Waals surface area (Å²) in [4.78, 5) is 11.5. The molecule has 16 heavy (non-hydrogen) atoms. The molecule has 1 rings (SSSR count). The molecule has 6 heteroatoms. The van der Waals surface area contributed by atoms with Crippen molar-refractivity contribution in [3.8, 4) is 0 Å². The maximum absolute atomic E-state index is 11.5. The van der Waals surface area contributed by atoms with E-state index in [-0.39, 0.29) is 18.1 Å². The van der Waals surface area contributed by atoms with Gasteiger partial charge in [-0.05, 0) is 25.2 Å². The molecular formula is C10H20N2O3S. The van der Waals surface area contributed by atoms with Crippen LogP contribution in [0.5, 0.6) is 0 Å². The van der Waals surface area contributed by atoms with Crippen molar-refractivity contribution in [1.82, 2.24) is 5.32 Å². The molecule has 0 spiro atoms. The Kier molecular flexibility index (Phi) is 4.73. The first-order valence-electron chi connectivity index (χ1n) is 5.59. The lowest BCUT2D eigenvalue weighted by Crippen LogP contribution is -2.44. The standard InChI is InChI=1S/C10H20N2O3S/c1-16(14,15)6-5-9(11)10(13)12-7-8-3-2-4-8/h8-9H,2-7,11H2,1H3,(H,12,13). The van der Waals surface area contributed by atoms with Crippen LogP contribution in [0.25, 0.3) is 0 Å². The van der Waals surface area contributed by atoms with E-state index >= 15 is 0 Å². The van der Waals surface area contributed by atoms with Crippen LogP contribution in [0.2, 0.25) is 0 Å². The van der Waals surface area contributed by atoms with Gasteiger partial charge in [0.05, 0.1) is 11.8 Å². The SMILES string of the molecule is CS(=O)(=O)CCC(N)C(=O)NCC1CCC1. The zero-order valence-corrected chi connectivity index (χ0v) is 10.4. The lowest BCUT2D eigenvalue weighted by Gasteiger charge is -2.26. The Balaban J connectivity index is 2.19. The van der Waals surface area contributed by atoms with Crippen molar-refractivity contribution in [3.63, 3.8) is 0 Å². The van der Waals surface area contributed by atoms with Crippen LogP contribution in [0, 0.1) is 5.92 Å². The molecule has 5 nitrogen and oxygen atoms in total. The molecule has 1 fully saturated rings. The van der Waals surface area contributed by atoms with Gasteiger partial charge in [-0.1, -0.05) is 6.42 Å². The Morgan fingerprint density at radius 2 is 2.12 bits per heavy atom. The zero-order valence-electron chi connectivity index (χ0n) is 9.61. The number of rotatable bonds is 6. The molecule has 0 aliphatic heterocycles. The van der Waals surface area contributed by atoms with Gasteiger partial charge < -0.3 is 11.1 Å². The number of amides is 1. The number of carbonyl (C=O) groups excluding carboxylic acids is 1. The van der Waals surface area contributed by atoms with Gasteiger partial charge >= 0.3 is 0 Å². The highest BCUT2D eigenvalue weighted by atomic mass is 32.2. The highest BCUT2D eigenvalue weighted by molar-refractivity contribution is 7.90. The van der Waals surface area contributed by atoms with E-state index in [1.165, 1.54) is 19.3 Å². The first kappa shape index (κ1) is 13.4. The predicted molar refractivity (Wildman–Crippen MR) is 62.7 cm³/mol. The van der Waals surface area contributed by atoms with Gasteiger partial charge in [-0.15, -0.1) is 0 Å². The third-order valence-electron chi connectivity index (χ3n) is 2.93. The maximum Gasteiger partial charge on any atom is 0.236 e. The molecule has 1 amide bonds. The fraction of sp³-hybridized carbons (Fsp3) is 0.900. The van der Waals surface area contributed by atoms with Gasteiger partial charge in [-0.3, -0.25) is 4.79 Å². The van der Waals surface area contributed by atoms with Crippen LogP contribution < -0.4 is 11.1 Å². The quantitative estimate of drug-likeness (QED) is 0.673. The molecule has 1 saturated carbocycles. The molecule has 0 aromatic carbocycles. The van der Waals surface area contributed by atoms with Crippen LogP contribution in [-0.4, -0.2) is 38.9 Å². The van der Waals surface area contributed by atoms with E-state index in [1.807, 2.05) is 0 Å². The Hall–Kier alpha value is -0.620. The van der Waals surface area contributed by atoms with E-state index in [4.69, 9.17) is 5.73 Å². The minimum absolute atomic E-state index is 0.0367. The second kappa shape index (κ2) is 5.63. The predicted octanol–water partition coefficient (Wildman–Crippen LogP) is -0.335.